The molecule has 0 saturated carbocycles. The molecule has 0 fully saturated rings. The second-order valence-corrected chi connectivity index (χ2v) is 9.49. The van der Waals surface area contributed by atoms with Crippen molar-refractivity contribution < 1.29 is 19.4 Å². The number of amides is 2. The molecule has 36 heavy (non-hydrogen) atoms. The molecular weight excluding hydrogens is 452 g/mol. The molecule has 0 heterocycles. The lowest BCUT2D eigenvalue weighted by Crippen LogP contribution is -2.53. The molecule has 6 nitrogen and oxygen atoms in total. The van der Waals surface area contributed by atoms with Crippen molar-refractivity contribution in [1.29, 1.82) is 0 Å². The molecule has 188 valence electrons. The van der Waals surface area contributed by atoms with Crippen LogP contribution in [0, 0.1) is 5.92 Å². The van der Waals surface area contributed by atoms with Gasteiger partial charge in [0.1, 0.15) is 12.6 Å². The second-order valence-electron chi connectivity index (χ2n) is 9.49. The summed E-state index contributed by atoms with van der Waals surface area (Å²) in [6, 6.07) is 24.2. The number of fused-ring (bicyclic) bond motifs is 3. The Labute approximate surface area is 212 Å². The number of aliphatic hydroxyl groups excluding tert-OH is 1. The summed E-state index contributed by atoms with van der Waals surface area (Å²) in [5.74, 6) is -0.521. The van der Waals surface area contributed by atoms with E-state index < -0.39 is 24.3 Å². The van der Waals surface area contributed by atoms with Crippen LogP contribution in [0.5, 0.6) is 0 Å². The van der Waals surface area contributed by atoms with E-state index in [9.17, 15) is 14.7 Å². The van der Waals surface area contributed by atoms with E-state index in [4.69, 9.17) is 4.74 Å². The van der Waals surface area contributed by atoms with Crippen molar-refractivity contribution in [3.05, 3.63) is 95.6 Å². The molecule has 4 atom stereocenters. The minimum absolute atomic E-state index is 0.0555. The number of ether oxygens (including phenoxy) is 1. The van der Waals surface area contributed by atoms with Crippen LogP contribution in [-0.2, 0) is 9.53 Å². The van der Waals surface area contributed by atoms with Gasteiger partial charge >= 0.3 is 6.09 Å². The summed E-state index contributed by atoms with van der Waals surface area (Å²) in [5.41, 5.74) is 5.29. The Morgan fingerprint density at radius 3 is 2.00 bits per heavy atom. The quantitative estimate of drug-likeness (QED) is 0.389. The SMILES string of the molecule is CC[C@H](C)[C@H](NC(=O)OCC1c2ccccc2-c2ccccc21)C(=O)N[C@@H](C)[C@@H](O)c1ccccc1. The van der Waals surface area contributed by atoms with E-state index in [0.717, 1.165) is 27.8 Å². The zero-order chi connectivity index (χ0) is 25.7. The minimum atomic E-state index is -0.859. The molecular formula is C30H34N2O4. The highest BCUT2D eigenvalue weighted by atomic mass is 16.5. The smallest absolute Gasteiger partial charge is 0.407 e. The average molecular weight is 487 g/mol. The molecule has 0 aliphatic heterocycles. The van der Waals surface area contributed by atoms with E-state index in [1.807, 2.05) is 68.4 Å². The maximum Gasteiger partial charge on any atom is 0.407 e. The molecule has 1 aliphatic rings. The van der Waals surface area contributed by atoms with Crippen LogP contribution in [0.4, 0.5) is 4.79 Å². The zero-order valence-corrected chi connectivity index (χ0v) is 21.0. The van der Waals surface area contributed by atoms with Crippen LogP contribution in [0.3, 0.4) is 0 Å². The number of rotatable bonds is 9. The van der Waals surface area contributed by atoms with Gasteiger partial charge < -0.3 is 20.5 Å². The molecule has 0 spiro atoms. The predicted octanol–water partition coefficient (Wildman–Crippen LogP) is 5.18. The lowest BCUT2D eigenvalue weighted by Gasteiger charge is -2.27. The molecule has 4 rings (SSSR count). The van der Waals surface area contributed by atoms with Gasteiger partial charge in [0.25, 0.3) is 0 Å². The van der Waals surface area contributed by atoms with E-state index in [-0.39, 0.29) is 24.3 Å². The summed E-state index contributed by atoms with van der Waals surface area (Å²) in [7, 11) is 0. The van der Waals surface area contributed by atoms with Gasteiger partial charge in [-0.2, -0.15) is 0 Å². The lowest BCUT2D eigenvalue weighted by molar-refractivity contribution is -0.125. The fourth-order valence-electron chi connectivity index (χ4n) is 4.80. The second kappa shape index (κ2) is 11.4. The first kappa shape index (κ1) is 25.5. The molecule has 3 N–H and O–H groups in total. The highest BCUT2D eigenvalue weighted by molar-refractivity contribution is 5.86. The van der Waals surface area contributed by atoms with Crippen molar-refractivity contribution in [2.45, 2.75) is 51.3 Å². The monoisotopic (exact) mass is 486 g/mol. The Kier molecular flexibility index (Phi) is 8.06. The lowest BCUT2D eigenvalue weighted by atomic mass is 9.97. The summed E-state index contributed by atoms with van der Waals surface area (Å²) in [6.07, 6.45) is -0.798. The van der Waals surface area contributed by atoms with Crippen LogP contribution in [0.1, 0.15) is 55.9 Å². The predicted molar refractivity (Wildman–Crippen MR) is 140 cm³/mol. The van der Waals surface area contributed by atoms with Gasteiger partial charge in [-0.05, 0) is 40.7 Å². The summed E-state index contributed by atoms with van der Waals surface area (Å²) >= 11 is 0. The third kappa shape index (κ3) is 5.44. The molecule has 1 aliphatic carbocycles. The number of hydrogen-bond donors (Lipinski definition) is 3. The van der Waals surface area contributed by atoms with E-state index in [0.29, 0.717) is 6.42 Å². The molecule has 2 amide bonds. The van der Waals surface area contributed by atoms with Crippen molar-refractivity contribution in [3.8, 4) is 11.1 Å². The summed E-state index contributed by atoms with van der Waals surface area (Å²) in [5, 5.41) is 16.3. The normalized spacial score (nSPS) is 15.7. The van der Waals surface area contributed by atoms with Gasteiger partial charge in [-0.3, -0.25) is 4.79 Å². The Morgan fingerprint density at radius 1 is 0.861 bits per heavy atom. The van der Waals surface area contributed by atoms with Crippen LogP contribution < -0.4 is 10.6 Å². The first-order chi connectivity index (χ1) is 17.4. The standard InChI is InChI=1S/C30H34N2O4/c1-4-19(2)27(29(34)31-20(3)28(33)21-12-6-5-7-13-21)32-30(35)36-18-26-24-16-10-8-14-22(24)23-15-9-11-17-25(23)26/h5-17,19-20,26-28,33H,4,18H2,1-3H3,(H,31,34)(H,32,35)/t19-,20-,27-,28+/m0/s1. The molecule has 6 heteroatoms. The van der Waals surface area contributed by atoms with Crippen LogP contribution in [0.25, 0.3) is 11.1 Å². The van der Waals surface area contributed by atoms with E-state index in [1.54, 1.807) is 6.92 Å². The number of aliphatic hydroxyl groups is 1. The highest BCUT2D eigenvalue weighted by Crippen LogP contribution is 2.44. The van der Waals surface area contributed by atoms with E-state index in [2.05, 4.69) is 34.9 Å². The number of alkyl carbamates (subject to hydrolysis) is 1. The molecule has 3 aromatic rings. The Bertz CT molecular complexity index is 1150. The van der Waals surface area contributed by atoms with Crippen molar-refractivity contribution >= 4 is 12.0 Å². The summed E-state index contributed by atoms with van der Waals surface area (Å²) in [6.45, 7) is 5.80. The first-order valence-electron chi connectivity index (χ1n) is 12.6. The molecule has 0 saturated heterocycles. The van der Waals surface area contributed by atoms with Crippen LogP contribution in [0.2, 0.25) is 0 Å². The van der Waals surface area contributed by atoms with Crippen LogP contribution >= 0.6 is 0 Å². The van der Waals surface area contributed by atoms with Gasteiger partial charge in [-0.15, -0.1) is 0 Å². The fourth-order valence-corrected chi connectivity index (χ4v) is 4.80. The summed E-state index contributed by atoms with van der Waals surface area (Å²) < 4.78 is 5.66. The number of carbonyl (C=O) groups is 2. The average Bonchev–Trinajstić information content (AvgIpc) is 3.23. The van der Waals surface area contributed by atoms with Gasteiger partial charge in [0.2, 0.25) is 5.91 Å². The summed E-state index contributed by atoms with van der Waals surface area (Å²) in [4.78, 5) is 26.0. The van der Waals surface area contributed by atoms with Gasteiger partial charge in [0, 0.05) is 5.92 Å². The van der Waals surface area contributed by atoms with E-state index in [1.165, 1.54) is 0 Å². The van der Waals surface area contributed by atoms with Gasteiger partial charge in [-0.1, -0.05) is 99.1 Å². The molecule has 0 radical (unpaired) electrons. The maximum absolute atomic E-state index is 13.1. The van der Waals surface area contributed by atoms with Gasteiger partial charge in [-0.25, -0.2) is 4.79 Å². The molecule has 0 unspecified atom stereocenters. The van der Waals surface area contributed by atoms with Crippen LogP contribution in [0.15, 0.2) is 78.9 Å². The Morgan fingerprint density at radius 2 is 1.42 bits per heavy atom. The largest absolute Gasteiger partial charge is 0.449 e. The number of nitrogens with one attached hydrogen (secondary N) is 2. The topological polar surface area (TPSA) is 87.7 Å². The Balaban J connectivity index is 1.40. The van der Waals surface area contributed by atoms with Gasteiger partial charge in [0.15, 0.2) is 0 Å². The van der Waals surface area contributed by atoms with Crippen molar-refractivity contribution in [2.24, 2.45) is 5.92 Å². The zero-order valence-electron chi connectivity index (χ0n) is 21.0. The van der Waals surface area contributed by atoms with Crippen molar-refractivity contribution in [3.63, 3.8) is 0 Å². The number of benzene rings is 3. The minimum Gasteiger partial charge on any atom is -0.449 e. The molecule has 3 aromatic carbocycles. The Hall–Kier alpha value is -3.64. The highest BCUT2D eigenvalue weighted by Gasteiger charge is 2.31. The maximum atomic E-state index is 13.1. The molecule has 0 bridgehead atoms. The van der Waals surface area contributed by atoms with Crippen molar-refractivity contribution in [1.82, 2.24) is 10.6 Å². The third-order valence-corrected chi connectivity index (χ3v) is 7.10. The first-order valence-corrected chi connectivity index (χ1v) is 12.6. The number of carbonyl (C=O) groups excluding carboxylic acids is 2. The fraction of sp³-hybridized carbons (Fsp3) is 0.333. The number of hydrogen-bond acceptors (Lipinski definition) is 4. The van der Waals surface area contributed by atoms with Crippen molar-refractivity contribution in [2.75, 3.05) is 6.61 Å². The third-order valence-electron chi connectivity index (χ3n) is 7.10. The van der Waals surface area contributed by atoms with E-state index >= 15 is 0 Å². The van der Waals surface area contributed by atoms with Gasteiger partial charge in [0.05, 0.1) is 12.1 Å². The van der Waals surface area contributed by atoms with Crippen LogP contribution in [-0.4, -0.2) is 35.8 Å². The molecule has 0 aromatic heterocycles.